The van der Waals surface area contributed by atoms with E-state index in [0.29, 0.717) is 22.6 Å². The lowest BCUT2D eigenvalue weighted by atomic mass is 9.89. The third-order valence-electron chi connectivity index (χ3n) is 9.25. The smallest absolute Gasteiger partial charge is 0.220 e. The minimum absolute atomic E-state index is 0.0668. The molecule has 55 heavy (non-hydrogen) atoms. The van der Waals surface area contributed by atoms with Crippen LogP contribution in [0, 0.1) is 30.6 Å². The Morgan fingerprint density at radius 3 is 1.53 bits per heavy atom. The molecule has 15 nitrogen and oxygen atoms in total. The zero-order valence-corrected chi connectivity index (χ0v) is 30.9. The Balaban J connectivity index is 1.35. The maximum absolute atomic E-state index is 13.0. The molecule has 0 aliphatic carbocycles. The van der Waals surface area contributed by atoms with Gasteiger partial charge in [0, 0.05) is 42.7 Å². The molecule has 0 spiro atoms. The van der Waals surface area contributed by atoms with Gasteiger partial charge in [0.15, 0.2) is 11.6 Å². The van der Waals surface area contributed by atoms with Crippen molar-refractivity contribution in [3.63, 3.8) is 0 Å². The summed E-state index contributed by atoms with van der Waals surface area (Å²) in [7, 11) is 0. The molecule has 2 aromatic carbocycles. The molecule has 16 heteroatoms. The molecule has 2 fully saturated rings. The fraction of sp³-hybridized carbons (Fsp3) is 0.487. The molecule has 2 heterocycles. The van der Waals surface area contributed by atoms with Crippen LogP contribution in [0.15, 0.2) is 48.5 Å². The minimum atomic E-state index is -1.60. The zero-order chi connectivity index (χ0) is 40.1. The number of hydrogen-bond acceptors (Lipinski definition) is 14. The molecule has 0 radical (unpaired) electrons. The Labute approximate surface area is 323 Å². The Morgan fingerprint density at radius 2 is 1.09 bits per heavy atom. The van der Waals surface area contributed by atoms with Crippen molar-refractivity contribution < 1.29 is 63.7 Å². The molecule has 4 unspecified atom stereocenters. The van der Waals surface area contributed by atoms with E-state index in [2.05, 4.69) is 22.5 Å². The van der Waals surface area contributed by atoms with E-state index in [4.69, 9.17) is 31.8 Å². The Hall–Kier alpha value is -4.49. The molecule has 10 atom stereocenters. The summed E-state index contributed by atoms with van der Waals surface area (Å²) in [6.45, 7) is 0.632. The molecule has 0 aromatic heterocycles. The standard InChI is InChI=1S/C39H46N2O13S/c1-4-18-51-25-10-6-23(7-11-25)27(44)14-16-31(46)40-33-22(3)29(20-42)53-38(36(33)49)55-39-37(50)34(35(48)30(21-43)54-39)41-32(47)17-15-28(45)24-8-12-26(13-9-24)52-19-5-2/h1-2,6-13,22,29-30,33-39,42-43,48-50H,14-21H2,3H3,(H,40,46)(H,41,47)/t22-,29+,30?,33?,34?,35-,36?,37-,38-,39-/m0/s1. The number of nitrogens with one attached hydrogen (secondary N) is 2. The quantitative estimate of drug-likeness (QED) is 0.0792. The number of ether oxygens (including phenoxy) is 4. The van der Waals surface area contributed by atoms with Crippen LogP contribution in [0.3, 0.4) is 0 Å². The molecule has 0 bridgehead atoms. The van der Waals surface area contributed by atoms with Gasteiger partial charge >= 0.3 is 0 Å². The number of ketones is 2. The molecule has 2 saturated heterocycles. The van der Waals surface area contributed by atoms with E-state index >= 15 is 0 Å². The number of carbonyl (C=O) groups excluding carboxylic acids is 4. The average Bonchev–Trinajstić information content (AvgIpc) is 3.19. The van der Waals surface area contributed by atoms with Crippen molar-refractivity contribution >= 4 is 35.1 Å². The van der Waals surface area contributed by atoms with Crippen LogP contribution in [0.25, 0.3) is 0 Å². The molecular weight excluding hydrogens is 736 g/mol. The fourth-order valence-corrected chi connectivity index (χ4v) is 7.45. The van der Waals surface area contributed by atoms with Crippen LogP contribution in [0.1, 0.15) is 53.3 Å². The fourth-order valence-electron chi connectivity index (χ4n) is 6.11. The number of amides is 2. The van der Waals surface area contributed by atoms with E-state index in [0.717, 1.165) is 11.8 Å². The van der Waals surface area contributed by atoms with Gasteiger partial charge in [-0.25, -0.2) is 0 Å². The third-order valence-corrected chi connectivity index (χ3v) is 10.6. The van der Waals surface area contributed by atoms with Crippen molar-refractivity contribution in [3.05, 3.63) is 59.7 Å². The van der Waals surface area contributed by atoms with E-state index in [-0.39, 0.29) is 50.5 Å². The third kappa shape index (κ3) is 11.8. The van der Waals surface area contributed by atoms with E-state index in [1.807, 2.05) is 0 Å². The van der Waals surface area contributed by atoms with E-state index in [1.54, 1.807) is 43.3 Å². The van der Waals surface area contributed by atoms with Gasteiger partial charge < -0.3 is 55.1 Å². The van der Waals surface area contributed by atoms with E-state index in [1.165, 1.54) is 12.1 Å². The lowest BCUT2D eigenvalue weighted by Crippen LogP contribution is -2.65. The number of benzene rings is 2. The highest BCUT2D eigenvalue weighted by molar-refractivity contribution is 8.00. The summed E-state index contributed by atoms with van der Waals surface area (Å²) in [6.07, 6.45) is 2.87. The first-order valence-corrected chi connectivity index (χ1v) is 18.5. The predicted molar refractivity (Wildman–Crippen MR) is 199 cm³/mol. The summed E-state index contributed by atoms with van der Waals surface area (Å²) in [4.78, 5) is 51.4. The monoisotopic (exact) mass is 782 g/mol. The van der Waals surface area contributed by atoms with Crippen LogP contribution < -0.4 is 20.1 Å². The number of rotatable bonds is 18. The Kier molecular flexibility index (Phi) is 16.5. The van der Waals surface area contributed by atoms with Crippen LogP contribution >= 0.6 is 11.8 Å². The molecule has 2 aromatic rings. The van der Waals surface area contributed by atoms with Crippen molar-refractivity contribution in [1.29, 1.82) is 0 Å². The van der Waals surface area contributed by atoms with Gasteiger partial charge in [-0.2, -0.15) is 0 Å². The lowest BCUT2D eigenvalue weighted by molar-refractivity contribution is -0.173. The SMILES string of the molecule is C#CCOc1ccc(C(=O)CCC(=O)NC2C(O)[C@H](S[C@@H]3OC(CO)[C@H](O)C(NC(=O)CCC(=O)c4ccc(OCC#C)cc4)[C@@H]3O)O[C@H](CO)[C@@H]2C)cc1. The van der Waals surface area contributed by atoms with Crippen LogP contribution in [0.2, 0.25) is 0 Å². The van der Waals surface area contributed by atoms with Gasteiger partial charge in [0.25, 0.3) is 0 Å². The molecule has 2 aliphatic rings. The number of aliphatic hydroxyl groups excluding tert-OH is 5. The molecule has 4 rings (SSSR count). The largest absolute Gasteiger partial charge is 0.481 e. The normalized spacial score (nSPS) is 27.5. The number of Topliss-reactive ketones (excluding diaryl/α,β-unsaturated/α-hetero) is 2. The summed E-state index contributed by atoms with van der Waals surface area (Å²) in [5, 5.41) is 58.9. The predicted octanol–water partition coefficient (Wildman–Crippen LogP) is 0.193. The highest BCUT2D eigenvalue weighted by Gasteiger charge is 2.50. The van der Waals surface area contributed by atoms with Gasteiger partial charge in [0.2, 0.25) is 11.8 Å². The second-order valence-corrected chi connectivity index (χ2v) is 14.2. The van der Waals surface area contributed by atoms with E-state index < -0.39 is 84.4 Å². The number of hydrogen-bond donors (Lipinski definition) is 7. The van der Waals surface area contributed by atoms with Crippen LogP contribution in [-0.2, 0) is 19.1 Å². The summed E-state index contributed by atoms with van der Waals surface area (Å²) in [5.74, 6) is 3.23. The van der Waals surface area contributed by atoms with Crippen molar-refractivity contribution in [2.75, 3.05) is 26.4 Å². The minimum Gasteiger partial charge on any atom is -0.481 e. The van der Waals surface area contributed by atoms with E-state index in [9.17, 15) is 44.7 Å². The maximum atomic E-state index is 13.0. The first-order chi connectivity index (χ1) is 26.4. The maximum Gasteiger partial charge on any atom is 0.220 e. The Bertz CT molecular complexity index is 1570. The number of thioether (sulfide) groups is 1. The van der Waals surface area contributed by atoms with Crippen molar-refractivity contribution in [1.82, 2.24) is 10.6 Å². The topological polar surface area (TPSA) is 230 Å². The molecule has 7 N–H and O–H groups in total. The molecule has 296 valence electrons. The van der Waals surface area contributed by atoms with Gasteiger partial charge in [0.05, 0.1) is 31.4 Å². The van der Waals surface area contributed by atoms with Gasteiger partial charge in [0.1, 0.15) is 60.0 Å². The zero-order valence-electron chi connectivity index (χ0n) is 30.1. The van der Waals surface area contributed by atoms with Gasteiger partial charge in [-0.1, -0.05) is 30.5 Å². The number of aliphatic hydroxyl groups is 5. The van der Waals surface area contributed by atoms with Gasteiger partial charge in [-0.05, 0) is 48.5 Å². The molecule has 2 amide bonds. The summed E-state index contributed by atoms with van der Waals surface area (Å²) < 4.78 is 22.3. The van der Waals surface area contributed by atoms with Gasteiger partial charge in [-0.3, -0.25) is 19.2 Å². The molecular formula is C39H46N2O13S. The number of terminal acetylenes is 2. The summed E-state index contributed by atoms with van der Waals surface area (Å²) in [6, 6.07) is 10.2. The van der Waals surface area contributed by atoms with Gasteiger partial charge in [-0.15, -0.1) is 12.8 Å². The van der Waals surface area contributed by atoms with Crippen LogP contribution in [0.5, 0.6) is 11.5 Å². The van der Waals surface area contributed by atoms with Crippen molar-refractivity contribution in [2.45, 2.75) is 86.1 Å². The molecule has 0 saturated carbocycles. The first kappa shape index (κ1) is 43.2. The lowest BCUT2D eigenvalue weighted by Gasteiger charge is -2.47. The molecule has 2 aliphatic heterocycles. The van der Waals surface area contributed by atoms with Crippen LogP contribution in [-0.4, -0.2) is 129 Å². The first-order valence-electron chi connectivity index (χ1n) is 17.6. The summed E-state index contributed by atoms with van der Waals surface area (Å²) >= 11 is 0.774. The van der Waals surface area contributed by atoms with Crippen molar-refractivity contribution in [2.24, 2.45) is 5.92 Å². The Morgan fingerprint density at radius 1 is 0.673 bits per heavy atom. The second-order valence-electron chi connectivity index (χ2n) is 13.0. The number of carbonyl (C=O) groups is 4. The van der Waals surface area contributed by atoms with Crippen LogP contribution in [0.4, 0.5) is 0 Å². The average molecular weight is 783 g/mol. The summed E-state index contributed by atoms with van der Waals surface area (Å²) in [5.41, 5.74) is -1.79. The highest BCUT2D eigenvalue weighted by Crippen LogP contribution is 2.38. The second kappa shape index (κ2) is 21.0. The highest BCUT2D eigenvalue weighted by atomic mass is 32.2. The van der Waals surface area contributed by atoms with Crippen molar-refractivity contribution in [3.8, 4) is 36.2 Å².